The lowest BCUT2D eigenvalue weighted by molar-refractivity contribution is -0.112. The number of nitrogens with one attached hydrogen (secondary N) is 1. The molecule has 178 valence electrons. The number of nitrogens with zero attached hydrogens (tertiary/aromatic N) is 1. The number of nitriles is 1. The summed E-state index contributed by atoms with van der Waals surface area (Å²) in [6, 6.07) is 16.9. The summed E-state index contributed by atoms with van der Waals surface area (Å²) in [5, 5.41) is 21.1. The number of ether oxygens (including phenoxy) is 2. The lowest BCUT2D eigenvalue weighted by atomic mass is 10.1. The molecule has 0 unspecified atom stereocenters. The Hall–Kier alpha value is -3.91. The van der Waals surface area contributed by atoms with Crippen LogP contribution in [0.1, 0.15) is 28.4 Å². The first kappa shape index (κ1) is 25.7. The number of benzene rings is 3. The molecule has 2 N–H and O–H groups in total. The molecule has 0 saturated heterocycles. The summed E-state index contributed by atoms with van der Waals surface area (Å²) < 4.78 is 25.5. The number of aromatic carboxylic acids is 1. The van der Waals surface area contributed by atoms with Crippen LogP contribution in [0.5, 0.6) is 11.5 Å². The van der Waals surface area contributed by atoms with E-state index in [-0.39, 0.29) is 17.7 Å². The molecule has 0 atom stereocenters. The SMILES string of the molecule is CCOc1cc(/C=C(\C#N)C(=O)Nc2ccc(F)cc2)cc(I)c1OCc1ccc(C(=O)O)cc1. The Bertz CT molecular complexity index is 1300. The van der Waals surface area contributed by atoms with Crippen molar-refractivity contribution in [2.24, 2.45) is 0 Å². The molecule has 0 aromatic heterocycles. The second kappa shape index (κ2) is 12.0. The molecule has 0 radical (unpaired) electrons. The Morgan fingerprint density at radius 1 is 1.11 bits per heavy atom. The van der Waals surface area contributed by atoms with E-state index in [1.807, 2.05) is 13.0 Å². The molecule has 0 spiro atoms. The second-order valence-corrected chi connectivity index (χ2v) is 8.35. The first-order valence-electron chi connectivity index (χ1n) is 10.4. The van der Waals surface area contributed by atoms with Crippen LogP contribution in [0.25, 0.3) is 6.08 Å². The van der Waals surface area contributed by atoms with Crippen LogP contribution in [0.15, 0.2) is 66.2 Å². The first-order chi connectivity index (χ1) is 16.8. The van der Waals surface area contributed by atoms with Gasteiger partial charge in [-0.2, -0.15) is 5.26 Å². The van der Waals surface area contributed by atoms with E-state index in [0.29, 0.717) is 32.9 Å². The van der Waals surface area contributed by atoms with E-state index in [4.69, 9.17) is 14.6 Å². The fraction of sp³-hybridized carbons (Fsp3) is 0.115. The fourth-order valence-corrected chi connectivity index (χ4v) is 3.80. The fourth-order valence-electron chi connectivity index (χ4n) is 3.02. The molecule has 0 saturated carbocycles. The molecule has 3 aromatic rings. The third-order valence-corrected chi connectivity index (χ3v) is 5.50. The van der Waals surface area contributed by atoms with Gasteiger partial charge in [-0.15, -0.1) is 0 Å². The average molecular weight is 586 g/mol. The third kappa shape index (κ3) is 7.04. The van der Waals surface area contributed by atoms with Crippen LogP contribution in [-0.4, -0.2) is 23.6 Å². The van der Waals surface area contributed by atoms with Gasteiger partial charge < -0.3 is 19.9 Å². The highest BCUT2D eigenvalue weighted by molar-refractivity contribution is 14.1. The minimum absolute atomic E-state index is 0.139. The average Bonchev–Trinajstić information content (AvgIpc) is 2.83. The minimum atomic E-state index is -1.00. The lowest BCUT2D eigenvalue weighted by Gasteiger charge is -2.15. The van der Waals surface area contributed by atoms with Crippen molar-refractivity contribution in [3.05, 3.63) is 92.3 Å². The Labute approximate surface area is 214 Å². The standard InChI is InChI=1S/C26H20FIN2O5/c1-2-34-23-13-17(11-19(14-29)25(31)30-21-9-7-20(27)8-10-21)12-22(28)24(23)35-15-16-3-5-18(6-4-16)26(32)33/h3-13H,2,15H2,1H3,(H,30,31)(H,32,33)/b19-11+. The summed E-state index contributed by atoms with van der Waals surface area (Å²) in [6.07, 6.45) is 1.43. The van der Waals surface area contributed by atoms with Crippen LogP contribution >= 0.6 is 22.6 Å². The molecule has 0 aliphatic rings. The number of carbonyl (C=O) groups is 2. The number of amides is 1. The van der Waals surface area contributed by atoms with Gasteiger partial charge in [0.05, 0.1) is 15.7 Å². The number of carbonyl (C=O) groups excluding carboxylic acids is 1. The number of hydrogen-bond donors (Lipinski definition) is 2. The van der Waals surface area contributed by atoms with Gasteiger partial charge in [0, 0.05) is 5.69 Å². The highest BCUT2D eigenvalue weighted by Gasteiger charge is 2.15. The zero-order valence-electron chi connectivity index (χ0n) is 18.5. The quantitative estimate of drug-likeness (QED) is 0.191. The summed E-state index contributed by atoms with van der Waals surface area (Å²) in [5.41, 5.74) is 1.75. The van der Waals surface area contributed by atoms with Crippen molar-refractivity contribution < 1.29 is 28.6 Å². The van der Waals surface area contributed by atoms with Gasteiger partial charge in [-0.3, -0.25) is 4.79 Å². The van der Waals surface area contributed by atoms with Crippen LogP contribution in [0.2, 0.25) is 0 Å². The first-order valence-corrected chi connectivity index (χ1v) is 11.5. The summed E-state index contributed by atoms with van der Waals surface area (Å²) in [4.78, 5) is 23.5. The number of rotatable bonds is 9. The molecule has 0 fully saturated rings. The van der Waals surface area contributed by atoms with Gasteiger partial charge in [0.2, 0.25) is 0 Å². The van der Waals surface area contributed by atoms with Gasteiger partial charge in [0.1, 0.15) is 24.1 Å². The van der Waals surface area contributed by atoms with Crippen LogP contribution in [-0.2, 0) is 11.4 Å². The van der Waals surface area contributed by atoms with Crippen molar-refractivity contribution in [1.29, 1.82) is 5.26 Å². The lowest BCUT2D eigenvalue weighted by Crippen LogP contribution is -2.13. The van der Waals surface area contributed by atoms with Crippen molar-refractivity contribution in [2.45, 2.75) is 13.5 Å². The molecule has 0 heterocycles. The Kier molecular flexibility index (Phi) is 8.80. The largest absolute Gasteiger partial charge is 0.490 e. The summed E-state index contributed by atoms with van der Waals surface area (Å²) >= 11 is 2.07. The van der Waals surface area contributed by atoms with Crippen LogP contribution in [0.3, 0.4) is 0 Å². The van der Waals surface area contributed by atoms with E-state index in [1.54, 1.807) is 24.3 Å². The van der Waals surface area contributed by atoms with Gasteiger partial charge in [-0.1, -0.05) is 12.1 Å². The molecule has 0 bridgehead atoms. The van der Waals surface area contributed by atoms with Gasteiger partial charge in [0.15, 0.2) is 11.5 Å². The summed E-state index contributed by atoms with van der Waals surface area (Å²) in [7, 11) is 0. The van der Waals surface area contributed by atoms with E-state index in [9.17, 15) is 19.2 Å². The number of hydrogen-bond acceptors (Lipinski definition) is 5. The summed E-state index contributed by atoms with van der Waals surface area (Å²) in [5.74, 6) is -1.14. The molecule has 3 rings (SSSR count). The normalized spacial score (nSPS) is 10.9. The summed E-state index contributed by atoms with van der Waals surface area (Å²) in [6.45, 7) is 2.37. The molecular weight excluding hydrogens is 566 g/mol. The molecule has 0 aliphatic heterocycles. The van der Waals surface area contributed by atoms with E-state index < -0.39 is 17.7 Å². The van der Waals surface area contributed by atoms with Crippen molar-refractivity contribution in [3.63, 3.8) is 0 Å². The molecule has 9 heteroatoms. The minimum Gasteiger partial charge on any atom is -0.490 e. The Morgan fingerprint density at radius 3 is 2.40 bits per heavy atom. The van der Waals surface area contributed by atoms with Crippen LogP contribution in [0.4, 0.5) is 10.1 Å². The maximum Gasteiger partial charge on any atom is 0.335 e. The van der Waals surface area contributed by atoms with E-state index in [0.717, 1.165) is 5.56 Å². The predicted molar refractivity (Wildman–Crippen MR) is 137 cm³/mol. The predicted octanol–water partition coefficient (Wildman–Crippen LogP) is 5.65. The van der Waals surface area contributed by atoms with Gasteiger partial charge in [-0.25, -0.2) is 9.18 Å². The molecule has 1 amide bonds. The smallest absolute Gasteiger partial charge is 0.335 e. The molecular formula is C26H20FIN2O5. The maximum atomic E-state index is 13.1. The molecule has 7 nitrogen and oxygen atoms in total. The molecule has 0 aliphatic carbocycles. The van der Waals surface area contributed by atoms with Crippen molar-refractivity contribution in [1.82, 2.24) is 0 Å². The number of carboxylic acids is 1. The molecule has 35 heavy (non-hydrogen) atoms. The second-order valence-electron chi connectivity index (χ2n) is 7.18. The van der Waals surface area contributed by atoms with Crippen LogP contribution in [0, 0.1) is 20.7 Å². The number of halogens is 2. The Balaban J connectivity index is 1.81. The highest BCUT2D eigenvalue weighted by atomic mass is 127. The van der Waals surface area contributed by atoms with Crippen molar-refractivity contribution in [2.75, 3.05) is 11.9 Å². The zero-order chi connectivity index (χ0) is 25.4. The van der Waals surface area contributed by atoms with Crippen LogP contribution < -0.4 is 14.8 Å². The van der Waals surface area contributed by atoms with E-state index in [1.165, 1.54) is 42.5 Å². The van der Waals surface area contributed by atoms with Crippen molar-refractivity contribution >= 4 is 46.2 Å². The monoisotopic (exact) mass is 586 g/mol. The number of carboxylic acid groups (broad SMARTS) is 1. The zero-order valence-corrected chi connectivity index (χ0v) is 20.7. The topological polar surface area (TPSA) is 109 Å². The number of anilines is 1. The van der Waals surface area contributed by atoms with Gasteiger partial charge >= 0.3 is 5.97 Å². The van der Waals surface area contributed by atoms with Crippen molar-refractivity contribution in [3.8, 4) is 17.6 Å². The third-order valence-electron chi connectivity index (χ3n) is 4.69. The maximum absolute atomic E-state index is 13.1. The van der Waals surface area contributed by atoms with E-state index in [2.05, 4.69) is 27.9 Å². The molecule has 3 aromatic carbocycles. The highest BCUT2D eigenvalue weighted by Crippen LogP contribution is 2.35. The Morgan fingerprint density at radius 2 is 1.80 bits per heavy atom. The van der Waals surface area contributed by atoms with Gasteiger partial charge in [-0.05, 0) is 95.2 Å². The van der Waals surface area contributed by atoms with Gasteiger partial charge in [0.25, 0.3) is 5.91 Å². The van der Waals surface area contributed by atoms with E-state index >= 15 is 0 Å².